The van der Waals surface area contributed by atoms with Gasteiger partial charge in [0.2, 0.25) is 0 Å². The first-order valence-electron chi connectivity index (χ1n) is 0.971. The molecule has 6 heavy (non-hydrogen) atoms. The van der Waals surface area contributed by atoms with Gasteiger partial charge in [-0.15, -0.1) is 10.3 Å². The van der Waals surface area contributed by atoms with E-state index >= 15 is 0 Å². The summed E-state index contributed by atoms with van der Waals surface area (Å²) in [6, 6.07) is 0. The average Bonchev–Trinajstić information content (AvgIpc) is 1.36. The van der Waals surface area contributed by atoms with Crippen LogP contribution in [0.3, 0.4) is 0 Å². The van der Waals surface area contributed by atoms with E-state index in [9.17, 15) is 9.11 Å². The zero-order chi connectivity index (χ0) is 5.15. The Labute approximate surface area is 40.9 Å². The zero-order valence-corrected chi connectivity index (χ0v) is 4.42. The third kappa shape index (κ3) is 2.76. The summed E-state index contributed by atoms with van der Waals surface area (Å²) in [5.74, 6) is 0. The third-order valence-corrected chi connectivity index (χ3v) is 1.46. The first kappa shape index (κ1) is 6.54. The second-order valence-electron chi connectivity index (χ2n) is 0.521. The van der Waals surface area contributed by atoms with Crippen LogP contribution in [0.5, 0.6) is 0 Å². The van der Waals surface area contributed by atoms with Crippen molar-refractivity contribution in [3.8, 4) is 0 Å². The Morgan fingerprint density at radius 3 is 1.17 bits per heavy atom. The van der Waals surface area contributed by atoms with Crippen LogP contribution in [0, 0.1) is 0 Å². The van der Waals surface area contributed by atoms with Crippen LogP contribution >= 0.6 is 0 Å². The lowest BCUT2D eigenvalue weighted by molar-refractivity contribution is 0.584. The van der Waals surface area contributed by atoms with Crippen molar-refractivity contribution in [3.63, 3.8) is 0 Å². The predicted octanol–water partition coefficient (Wildman–Crippen LogP) is -1.85. The largest absolute Gasteiger partial charge is 0.550 e. The molecule has 0 fully saturated rings. The lowest BCUT2D eigenvalue weighted by Gasteiger charge is -1.96. The molecule has 0 spiro atoms. The maximum absolute atomic E-state index is 9.61. The molecule has 0 aromatic heterocycles. The summed E-state index contributed by atoms with van der Waals surface area (Å²) in [7, 11) is -3.73. The van der Waals surface area contributed by atoms with E-state index in [1.54, 1.807) is 0 Å². The van der Waals surface area contributed by atoms with Crippen LogP contribution in [0.25, 0.3) is 0 Å². The van der Waals surface area contributed by atoms with Crippen LogP contribution in [-0.2, 0) is 20.8 Å². The number of hydrogen-bond donors (Lipinski definition) is 2. The Kier molecular flexibility index (Phi) is 2.91. The van der Waals surface area contributed by atoms with E-state index in [0.29, 0.717) is 0 Å². The van der Waals surface area contributed by atoms with Crippen molar-refractivity contribution in [3.05, 3.63) is 0 Å². The van der Waals surface area contributed by atoms with Crippen molar-refractivity contribution >= 4 is 20.8 Å². The summed E-state index contributed by atoms with van der Waals surface area (Å²) in [6.45, 7) is 0. The Morgan fingerprint density at radius 1 is 1.00 bits per heavy atom. The second-order valence-corrected chi connectivity index (χ2v) is 3.53. The predicted molar refractivity (Wildman–Crippen MR) is 24.7 cm³/mol. The van der Waals surface area contributed by atoms with Gasteiger partial charge in [-0.3, -0.25) is 0 Å². The van der Waals surface area contributed by atoms with E-state index in [1.807, 2.05) is 0 Å². The molecule has 38 valence electrons. The summed E-state index contributed by atoms with van der Waals surface area (Å²) in [6.07, 6.45) is 0. The molecule has 2 atom stereocenters. The molecule has 0 amide bonds. The number of nitrogens with two attached hydrogens (primary N) is 2. The van der Waals surface area contributed by atoms with Crippen molar-refractivity contribution in [1.29, 1.82) is 0 Å². The van der Waals surface area contributed by atoms with E-state index in [4.69, 9.17) is 0 Å². The average molecular weight is 128 g/mol. The molecule has 0 aliphatic carbocycles. The molecule has 0 heterocycles. The van der Waals surface area contributed by atoms with Gasteiger partial charge in [-0.25, -0.2) is 0 Å². The fraction of sp³-hybridized carbons (Fsp3) is 0. The smallest absolute Gasteiger partial charge is 0.289 e. The summed E-state index contributed by atoms with van der Waals surface area (Å²) >= 11 is 0. The van der Waals surface area contributed by atoms with Gasteiger partial charge >= 0.3 is 0 Å². The molecule has 0 saturated carbocycles. The van der Waals surface area contributed by atoms with Crippen molar-refractivity contribution in [2.75, 3.05) is 0 Å². The zero-order valence-electron chi connectivity index (χ0n) is 2.79. The highest BCUT2D eigenvalue weighted by atomic mass is 33.2. The van der Waals surface area contributed by atoms with E-state index in [0.717, 1.165) is 0 Å². The topological polar surface area (TPSA) is 98.2 Å². The summed E-state index contributed by atoms with van der Waals surface area (Å²) in [5.41, 5.74) is 0. The lowest BCUT2D eigenvalue weighted by atomic mass is 13.9. The van der Waals surface area contributed by atoms with Gasteiger partial charge in [0.15, 0.2) is 0 Å². The van der Waals surface area contributed by atoms with E-state index in [-0.39, 0.29) is 0 Å². The van der Waals surface area contributed by atoms with Crippen molar-refractivity contribution in [2.24, 2.45) is 10.3 Å². The maximum Gasteiger partial charge on any atom is 0.289 e. The van der Waals surface area contributed by atoms with Gasteiger partial charge in [0.1, 0.15) is 0 Å². The SMILES string of the molecule is N[S+]([O-])[S+](N)[O-]. The van der Waals surface area contributed by atoms with Gasteiger partial charge in [0.25, 0.3) is 20.8 Å². The van der Waals surface area contributed by atoms with Crippen molar-refractivity contribution < 1.29 is 9.11 Å². The Morgan fingerprint density at radius 2 is 1.17 bits per heavy atom. The molecule has 0 saturated heterocycles. The molecule has 0 aromatic carbocycles. The molecule has 6 heteroatoms. The molecule has 0 aliphatic rings. The Balaban J connectivity index is 2.99. The summed E-state index contributed by atoms with van der Waals surface area (Å²) in [4.78, 5) is 0. The normalized spacial score (nSPS) is 20.0. The highest BCUT2D eigenvalue weighted by Gasteiger charge is 2.12. The highest BCUT2D eigenvalue weighted by Crippen LogP contribution is 1.82. The van der Waals surface area contributed by atoms with Crippen LogP contribution in [0.15, 0.2) is 0 Å². The van der Waals surface area contributed by atoms with Crippen molar-refractivity contribution in [1.82, 2.24) is 0 Å². The molecule has 0 rings (SSSR count). The van der Waals surface area contributed by atoms with Crippen molar-refractivity contribution in [2.45, 2.75) is 0 Å². The lowest BCUT2D eigenvalue weighted by Crippen LogP contribution is -2.29. The quantitative estimate of drug-likeness (QED) is 0.320. The molecule has 2 unspecified atom stereocenters. The van der Waals surface area contributed by atoms with Gasteiger partial charge in [-0.1, -0.05) is 0 Å². The standard InChI is InChI=1S/H4N2O2S2/c1-5(3)6(2)4/h1-2H2. The van der Waals surface area contributed by atoms with Crippen LogP contribution in [0.4, 0.5) is 0 Å². The number of rotatable bonds is 1. The second kappa shape index (κ2) is 2.67. The van der Waals surface area contributed by atoms with Gasteiger partial charge in [0.05, 0.1) is 0 Å². The van der Waals surface area contributed by atoms with Gasteiger partial charge < -0.3 is 9.11 Å². The van der Waals surface area contributed by atoms with E-state index < -0.39 is 20.8 Å². The molecule has 4 N–H and O–H groups in total. The minimum Gasteiger partial charge on any atom is -0.550 e. The Bertz CT molecular complexity index is 30.5. The van der Waals surface area contributed by atoms with E-state index in [2.05, 4.69) is 10.3 Å². The maximum atomic E-state index is 9.61. The molecular weight excluding hydrogens is 124 g/mol. The first-order chi connectivity index (χ1) is 2.64. The van der Waals surface area contributed by atoms with Gasteiger partial charge in [-0.2, -0.15) is 0 Å². The van der Waals surface area contributed by atoms with Crippen LogP contribution < -0.4 is 10.3 Å². The van der Waals surface area contributed by atoms with Crippen LogP contribution in [0.1, 0.15) is 0 Å². The minimum atomic E-state index is -1.87. The Hall–Kier alpha value is 0.540. The number of hydrogen-bond acceptors (Lipinski definition) is 4. The fourth-order valence-electron chi connectivity index (χ4n) is 0. The summed E-state index contributed by atoms with van der Waals surface area (Å²) in [5, 5.41) is 8.96. The molecular formula is H4N2O2S2. The molecule has 4 nitrogen and oxygen atoms in total. The van der Waals surface area contributed by atoms with Crippen LogP contribution in [0.2, 0.25) is 0 Å². The monoisotopic (exact) mass is 128 g/mol. The fourth-order valence-corrected chi connectivity index (χ4v) is 0. The third-order valence-electron chi connectivity index (χ3n) is 0.162. The summed E-state index contributed by atoms with van der Waals surface area (Å²) < 4.78 is 19.2. The van der Waals surface area contributed by atoms with Gasteiger partial charge in [-0.05, 0) is 0 Å². The molecule has 0 aromatic rings. The molecule has 0 radical (unpaired) electrons. The van der Waals surface area contributed by atoms with Crippen LogP contribution in [-0.4, -0.2) is 9.11 Å². The molecule has 0 bridgehead atoms. The minimum absolute atomic E-state index is 1.87. The highest BCUT2D eigenvalue weighted by molar-refractivity contribution is 8.65. The first-order valence-corrected chi connectivity index (χ1v) is 3.91. The molecule has 0 aliphatic heterocycles. The van der Waals surface area contributed by atoms with E-state index in [1.165, 1.54) is 0 Å². The van der Waals surface area contributed by atoms with Gasteiger partial charge in [0, 0.05) is 0 Å².